The number of anilines is 1. The molecule has 0 saturated carbocycles. The fraction of sp³-hybridized carbons (Fsp3) is 0.478. The summed E-state index contributed by atoms with van der Waals surface area (Å²) in [6.07, 6.45) is 1.43. The van der Waals surface area contributed by atoms with Crippen LogP contribution in [-0.2, 0) is 20.8 Å². The maximum Gasteiger partial charge on any atom is 0.322 e. The number of esters is 1. The summed E-state index contributed by atoms with van der Waals surface area (Å²) in [6.45, 7) is 3.80. The molecular formula is C23H28Cl2N4O5S. The number of thiazole rings is 1. The van der Waals surface area contributed by atoms with E-state index in [1.54, 1.807) is 42.5 Å². The predicted molar refractivity (Wildman–Crippen MR) is 135 cm³/mol. The van der Waals surface area contributed by atoms with Crippen molar-refractivity contribution in [3.63, 3.8) is 0 Å². The number of carbonyl (C=O) groups excluding carboxylic acids is 3. The molecule has 190 valence electrons. The molecule has 35 heavy (non-hydrogen) atoms. The molecule has 1 aromatic heterocycles. The third-order valence-corrected chi connectivity index (χ3v) is 7.02. The summed E-state index contributed by atoms with van der Waals surface area (Å²) >= 11 is 13.3. The van der Waals surface area contributed by atoms with Gasteiger partial charge in [0.05, 0.1) is 35.7 Å². The first-order valence-electron chi connectivity index (χ1n) is 11.2. The van der Waals surface area contributed by atoms with Crippen LogP contribution in [0.25, 0.3) is 0 Å². The Morgan fingerprint density at radius 2 is 2.09 bits per heavy atom. The normalized spacial score (nSPS) is 15.5. The van der Waals surface area contributed by atoms with Gasteiger partial charge >= 0.3 is 12.0 Å². The molecule has 1 unspecified atom stereocenters. The van der Waals surface area contributed by atoms with Crippen LogP contribution in [0.5, 0.6) is 0 Å². The molecular weight excluding hydrogens is 515 g/mol. The van der Waals surface area contributed by atoms with Crippen LogP contribution in [0, 0.1) is 5.92 Å². The summed E-state index contributed by atoms with van der Waals surface area (Å²) < 4.78 is 10.3. The standard InChI is InChI=1S/C23H28Cl2N4O5S/c1-3-34-22(31)15-5-4-8-28(12-15)21(30)19-14-35-20(27-19)13-29(9-10-33-2)23(32)26-16-6-7-17(24)18(25)11-16/h6-7,11,14-15H,3-5,8-10,12-13H2,1-2H3,(H,26,32). The number of nitrogens with one attached hydrogen (secondary N) is 1. The van der Waals surface area contributed by atoms with Crippen molar-refractivity contribution in [2.45, 2.75) is 26.3 Å². The first kappa shape index (κ1) is 27.2. The number of hydrogen-bond acceptors (Lipinski definition) is 7. The Morgan fingerprint density at radius 3 is 2.80 bits per heavy atom. The Bertz CT molecular complexity index is 1050. The van der Waals surface area contributed by atoms with Gasteiger partial charge in [-0.15, -0.1) is 11.3 Å². The Kier molecular flexibility index (Phi) is 10.1. The number of urea groups is 1. The van der Waals surface area contributed by atoms with Gasteiger partial charge < -0.3 is 24.6 Å². The van der Waals surface area contributed by atoms with Gasteiger partial charge in [0, 0.05) is 37.8 Å². The number of ether oxygens (including phenoxy) is 2. The van der Waals surface area contributed by atoms with Crippen LogP contribution in [0.3, 0.4) is 0 Å². The lowest BCUT2D eigenvalue weighted by molar-refractivity contribution is -0.149. The average Bonchev–Trinajstić information content (AvgIpc) is 3.32. The highest BCUT2D eigenvalue weighted by Gasteiger charge is 2.30. The largest absolute Gasteiger partial charge is 0.466 e. The van der Waals surface area contributed by atoms with Crippen LogP contribution >= 0.6 is 34.5 Å². The van der Waals surface area contributed by atoms with Gasteiger partial charge in [-0.05, 0) is 38.0 Å². The fourth-order valence-corrected chi connectivity index (χ4v) is 4.73. The highest BCUT2D eigenvalue weighted by molar-refractivity contribution is 7.09. The van der Waals surface area contributed by atoms with Gasteiger partial charge in [-0.3, -0.25) is 9.59 Å². The number of benzene rings is 1. The number of halogens is 2. The van der Waals surface area contributed by atoms with E-state index < -0.39 is 0 Å². The number of piperidine rings is 1. The first-order chi connectivity index (χ1) is 16.8. The Hall–Kier alpha value is -2.40. The van der Waals surface area contributed by atoms with Gasteiger partial charge in [0.2, 0.25) is 0 Å². The Labute approximate surface area is 218 Å². The van der Waals surface area contributed by atoms with Crippen LogP contribution in [-0.4, -0.2) is 72.6 Å². The monoisotopic (exact) mass is 542 g/mol. The molecule has 9 nitrogen and oxygen atoms in total. The van der Waals surface area contributed by atoms with Gasteiger partial charge in [0.1, 0.15) is 10.7 Å². The van der Waals surface area contributed by atoms with Gasteiger partial charge in [-0.2, -0.15) is 0 Å². The van der Waals surface area contributed by atoms with E-state index in [1.807, 2.05) is 0 Å². The van der Waals surface area contributed by atoms with Gasteiger partial charge in [-0.1, -0.05) is 23.2 Å². The van der Waals surface area contributed by atoms with Crippen molar-refractivity contribution in [2.75, 3.05) is 45.3 Å². The van der Waals surface area contributed by atoms with Crippen LogP contribution in [0.4, 0.5) is 10.5 Å². The Balaban J connectivity index is 1.65. The average molecular weight is 543 g/mol. The summed E-state index contributed by atoms with van der Waals surface area (Å²) in [5, 5.41) is 5.80. The molecule has 0 aliphatic carbocycles. The quantitative estimate of drug-likeness (QED) is 0.466. The molecule has 1 saturated heterocycles. The molecule has 1 aromatic carbocycles. The molecule has 2 aromatic rings. The fourth-order valence-electron chi connectivity index (χ4n) is 3.65. The zero-order valence-electron chi connectivity index (χ0n) is 19.6. The van der Waals surface area contributed by atoms with Crippen molar-refractivity contribution in [1.29, 1.82) is 0 Å². The van der Waals surface area contributed by atoms with Crippen molar-refractivity contribution < 1.29 is 23.9 Å². The molecule has 0 spiro atoms. The number of likely N-dealkylation sites (tertiary alicyclic amines) is 1. The van der Waals surface area contributed by atoms with Gasteiger partial charge in [-0.25, -0.2) is 9.78 Å². The van der Waals surface area contributed by atoms with Crippen LogP contribution in [0.2, 0.25) is 10.0 Å². The predicted octanol–water partition coefficient (Wildman–Crippen LogP) is 4.55. The van der Waals surface area contributed by atoms with E-state index in [0.717, 1.165) is 6.42 Å². The lowest BCUT2D eigenvalue weighted by Crippen LogP contribution is -2.43. The van der Waals surface area contributed by atoms with Crippen molar-refractivity contribution in [3.05, 3.63) is 44.3 Å². The molecule has 3 rings (SSSR count). The van der Waals surface area contributed by atoms with Crippen molar-refractivity contribution >= 4 is 58.1 Å². The Morgan fingerprint density at radius 1 is 1.29 bits per heavy atom. The SMILES string of the molecule is CCOC(=O)C1CCCN(C(=O)c2csc(CN(CCOC)C(=O)Nc3ccc(Cl)c(Cl)c3)n2)C1. The second-order valence-corrected chi connectivity index (χ2v) is 9.70. The van der Waals surface area contributed by atoms with E-state index >= 15 is 0 Å². The van der Waals surface area contributed by atoms with Crippen molar-refractivity contribution in [2.24, 2.45) is 5.92 Å². The summed E-state index contributed by atoms with van der Waals surface area (Å²) in [6, 6.07) is 4.46. The molecule has 3 amide bonds. The van der Waals surface area contributed by atoms with Gasteiger partial charge in [0.15, 0.2) is 0 Å². The van der Waals surface area contributed by atoms with E-state index in [9.17, 15) is 14.4 Å². The molecule has 1 aliphatic rings. The summed E-state index contributed by atoms with van der Waals surface area (Å²) in [4.78, 5) is 45.7. The molecule has 1 N–H and O–H groups in total. The zero-order chi connectivity index (χ0) is 25.4. The third-order valence-electron chi connectivity index (χ3n) is 5.45. The van der Waals surface area contributed by atoms with Crippen molar-refractivity contribution in [1.82, 2.24) is 14.8 Å². The molecule has 1 fully saturated rings. The number of aromatic nitrogens is 1. The number of carbonyl (C=O) groups is 3. The van der Waals surface area contributed by atoms with Crippen LogP contribution < -0.4 is 5.32 Å². The van der Waals surface area contributed by atoms with E-state index in [-0.39, 0.29) is 30.4 Å². The van der Waals surface area contributed by atoms with Gasteiger partial charge in [0.25, 0.3) is 5.91 Å². The minimum atomic E-state index is -0.364. The van der Waals surface area contributed by atoms with E-state index in [4.69, 9.17) is 32.7 Å². The molecule has 1 atom stereocenters. The lowest BCUT2D eigenvalue weighted by atomic mass is 9.98. The topological polar surface area (TPSA) is 101 Å². The van der Waals surface area contributed by atoms with E-state index in [0.29, 0.717) is 65.7 Å². The molecule has 2 heterocycles. The maximum atomic E-state index is 13.0. The molecule has 0 bridgehead atoms. The van der Waals surface area contributed by atoms with E-state index in [2.05, 4.69) is 10.3 Å². The minimum absolute atomic E-state index is 0.194. The minimum Gasteiger partial charge on any atom is -0.466 e. The van der Waals surface area contributed by atoms with E-state index in [1.165, 1.54) is 16.2 Å². The third kappa shape index (κ3) is 7.54. The lowest BCUT2D eigenvalue weighted by Gasteiger charge is -2.31. The van der Waals surface area contributed by atoms with Crippen molar-refractivity contribution in [3.8, 4) is 0 Å². The number of methoxy groups -OCH3 is 1. The molecule has 12 heteroatoms. The second kappa shape index (κ2) is 13.1. The highest BCUT2D eigenvalue weighted by atomic mass is 35.5. The number of hydrogen-bond donors (Lipinski definition) is 1. The summed E-state index contributed by atoms with van der Waals surface area (Å²) in [5.74, 6) is -0.823. The number of amides is 3. The first-order valence-corrected chi connectivity index (χ1v) is 12.9. The number of nitrogens with zero attached hydrogens (tertiary/aromatic N) is 3. The highest BCUT2D eigenvalue weighted by Crippen LogP contribution is 2.25. The zero-order valence-corrected chi connectivity index (χ0v) is 21.9. The number of rotatable bonds is 9. The summed E-state index contributed by atoms with van der Waals surface area (Å²) in [7, 11) is 1.55. The summed E-state index contributed by atoms with van der Waals surface area (Å²) in [5.41, 5.74) is 0.800. The molecule has 0 radical (unpaired) electrons. The second-order valence-electron chi connectivity index (χ2n) is 7.94. The van der Waals surface area contributed by atoms with Crippen LogP contribution in [0.15, 0.2) is 23.6 Å². The smallest absolute Gasteiger partial charge is 0.322 e. The molecule has 1 aliphatic heterocycles. The van der Waals surface area contributed by atoms with Crippen LogP contribution in [0.1, 0.15) is 35.3 Å². The maximum absolute atomic E-state index is 13.0.